The molecule has 1 aromatic carbocycles. The highest BCUT2D eigenvalue weighted by atomic mass is 16.3. The van der Waals surface area contributed by atoms with Crippen LogP contribution in [0.2, 0.25) is 0 Å². The molecule has 0 bridgehead atoms. The number of benzene rings is 1. The van der Waals surface area contributed by atoms with E-state index in [4.69, 9.17) is 4.42 Å². The Morgan fingerprint density at radius 3 is 2.75 bits per heavy atom. The Bertz CT molecular complexity index is 461. The van der Waals surface area contributed by atoms with E-state index in [1.807, 2.05) is 31.3 Å². The predicted molar refractivity (Wildman–Crippen MR) is 67.4 cm³/mol. The lowest BCUT2D eigenvalue weighted by Gasteiger charge is -2.26. The van der Waals surface area contributed by atoms with Crippen LogP contribution in [0.15, 0.2) is 47.4 Å². The highest BCUT2D eigenvalue weighted by Gasteiger charge is 2.28. The zero-order valence-electron chi connectivity index (χ0n) is 9.79. The molecular formula is C14H17NO. The van der Waals surface area contributed by atoms with Gasteiger partial charge in [-0.2, -0.15) is 0 Å². The fourth-order valence-electron chi connectivity index (χ4n) is 2.02. The largest absolute Gasteiger partial charge is 0.459 e. The normalized spacial score (nSPS) is 14.9. The van der Waals surface area contributed by atoms with E-state index in [1.54, 1.807) is 0 Å². The van der Waals surface area contributed by atoms with Crippen LogP contribution < -0.4 is 5.32 Å². The third kappa shape index (κ3) is 1.55. The molecule has 0 radical (unpaired) electrons. The van der Waals surface area contributed by atoms with Crippen molar-refractivity contribution in [3.05, 3.63) is 48.7 Å². The van der Waals surface area contributed by atoms with E-state index >= 15 is 0 Å². The Labute approximate surface area is 96.0 Å². The van der Waals surface area contributed by atoms with Crippen LogP contribution in [-0.2, 0) is 5.54 Å². The lowest BCUT2D eigenvalue weighted by Crippen LogP contribution is -2.36. The van der Waals surface area contributed by atoms with Gasteiger partial charge in [-0.3, -0.25) is 0 Å². The summed E-state index contributed by atoms with van der Waals surface area (Å²) in [6.45, 7) is 6.02. The van der Waals surface area contributed by atoms with Crippen LogP contribution in [0.1, 0.15) is 19.1 Å². The molecule has 1 unspecified atom stereocenters. The van der Waals surface area contributed by atoms with Gasteiger partial charge in [-0.15, -0.1) is 6.58 Å². The summed E-state index contributed by atoms with van der Waals surface area (Å²) in [6, 6.07) is 10.1. The molecule has 2 nitrogen and oxygen atoms in total. The summed E-state index contributed by atoms with van der Waals surface area (Å²) in [5.74, 6) is 0.925. The molecule has 1 heterocycles. The summed E-state index contributed by atoms with van der Waals surface area (Å²) < 4.78 is 5.87. The fourth-order valence-corrected chi connectivity index (χ4v) is 2.02. The molecule has 1 atom stereocenters. The van der Waals surface area contributed by atoms with Crippen LogP contribution in [0.25, 0.3) is 11.0 Å². The molecule has 2 heteroatoms. The number of fused-ring (bicyclic) bond motifs is 1. The molecule has 0 aliphatic rings. The van der Waals surface area contributed by atoms with E-state index < -0.39 is 0 Å². The van der Waals surface area contributed by atoms with Crippen LogP contribution in [0.3, 0.4) is 0 Å². The van der Waals surface area contributed by atoms with Crippen molar-refractivity contribution in [1.29, 1.82) is 0 Å². The Morgan fingerprint density at radius 1 is 1.44 bits per heavy atom. The van der Waals surface area contributed by atoms with Gasteiger partial charge in [0.15, 0.2) is 0 Å². The molecule has 1 aromatic heterocycles. The first-order chi connectivity index (χ1) is 7.75. The van der Waals surface area contributed by atoms with Gasteiger partial charge in [0.05, 0.1) is 5.54 Å². The van der Waals surface area contributed by atoms with Crippen molar-refractivity contribution in [2.45, 2.75) is 18.9 Å². The first kappa shape index (κ1) is 11.0. The fraction of sp³-hybridized carbons (Fsp3) is 0.286. The van der Waals surface area contributed by atoms with Crippen molar-refractivity contribution < 1.29 is 4.42 Å². The second kappa shape index (κ2) is 4.14. The van der Waals surface area contributed by atoms with Gasteiger partial charge in [-0.05, 0) is 25.6 Å². The smallest absolute Gasteiger partial charge is 0.134 e. The number of likely N-dealkylation sites (N-methyl/N-ethyl adjacent to an activating group) is 1. The van der Waals surface area contributed by atoms with Gasteiger partial charge in [0.25, 0.3) is 0 Å². The highest BCUT2D eigenvalue weighted by Crippen LogP contribution is 2.31. The molecule has 0 amide bonds. The van der Waals surface area contributed by atoms with Crippen molar-refractivity contribution in [1.82, 2.24) is 5.32 Å². The summed E-state index contributed by atoms with van der Waals surface area (Å²) in [5, 5.41) is 4.41. The minimum atomic E-state index is -0.265. The standard InChI is InChI=1S/C14H17NO/c1-4-14(5-2,15-3)13-10-11-8-6-7-9-12(11)16-13/h4,6-10,15H,1,5H2,2-3H3. The molecule has 0 saturated carbocycles. The second-order valence-electron chi connectivity index (χ2n) is 3.93. The number of hydrogen-bond acceptors (Lipinski definition) is 2. The number of hydrogen-bond donors (Lipinski definition) is 1. The minimum Gasteiger partial charge on any atom is -0.459 e. The molecular weight excluding hydrogens is 198 g/mol. The third-order valence-electron chi connectivity index (χ3n) is 3.22. The van der Waals surface area contributed by atoms with Crippen LogP contribution in [-0.4, -0.2) is 7.05 Å². The van der Waals surface area contributed by atoms with E-state index in [0.717, 1.165) is 23.2 Å². The topological polar surface area (TPSA) is 25.2 Å². The van der Waals surface area contributed by atoms with E-state index in [1.165, 1.54) is 0 Å². The molecule has 1 N–H and O–H groups in total. The van der Waals surface area contributed by atoms with Gasteiger partial charge in [0.1, 0.15) is 11.3 Å². The van der Waals surface area contributed by atoms with E-state index in [0.29, 0.717) is 0 Å². The maximum atomic E-state index is 5.87. The molecule has 0 fully saturated rings. The quantitative estimate of drug-likeness (QED) is 0.790. The molecule has 0 spiro atoms. The Kier molecular flexibility index (Phi) is 2.84. The van der Waals surface area contributed by atoms with Crippen LogP contribution >= 0.6 is 0 Å². The molecule has 16 heavy (non-hydrogen) atoms. The van der Waals surface area contributed by atoms with Crippen LogP contribution in [0.5, 0.6) is 0 Å². The van der Waals surface area contributed by atoms with Gasteiger partial charge < -0.3 is 9.73 Å². The summed E-state index contributed by atoms with van der Waals surface area (Å²) in [5.41, 5.74) is 0.659. The number of para-hydroxylation sites is 1. The average molecular weight is 215 g/mol. The van der Waals surface area contributed by atoms with Crippen LogP contribution in [0, 0.1) is 0 Å². The maximum Gasteiger partial charge on any atom is 0.134 e. The van der Waals surface area contributed by atoms with E-state index in [-0.39, 0.29) is 5.54 Å². The van der Waals surface area contributed by atoms with Crippen LogP contribution in [0.4, 0.5) is 0 Å². The summed E-state index contributed by atoms with van der Waals surface area (Å²) in [6.07, 6.45) is 2.82. The monoisotopic (exact) mass is 215 g/mol. The maximum absolute atomic E-state index is 5.87. The van der Waals surface area contributed by atoms with Crippen molar-refractivity contribution in [3.8, 4) is 0 Å². The molecule has 2 aromatic rings. The third-order valence-corrected chi connectivity index (χ3v) is 3.22. The van der Waals surface area contributed by atoms with Gasteiger partial charge in [0.2, 0.25) is 0 Å². The predicted octanol–water partition coefficient (Wildman–Crippen LogP) is 3.44. The summed E-state index contributed by atoms with van der Waals surface area (Å²) in [7, 11) is 1.93. The number of nitrogens with one attached hydrogen (secondary N) is 1. The Hall–Kier alpha value is -1.54. The van der Waals surface area contributed by atoms with Crippen molar-refractivity contribution in [2.75, 3.05) is 7.05 Å². The van der Waals surface area contributed by atoms with E-state index in [2.05, 4.69) is 31.0 Å². The zero-order chi connectivity index (χ0) is 11.6. The molecule has 84 valence electrons. The molecule has 0 saturated heterocycles. The Balaban J connectivity index is 2.57. The SMILES string of the molecule is C=CC(CC)(NC)c1cc2ccccc2o1. The summed E-state index contributed by atoms with van der Waals surface area (Å²) >= 11 is 0. The minimum absolute atomic E-state index is 0.265. The number of rotatable bonds is 4. The molecule has 0 aliphatic heterocycles. The zero-order valence-corrected chi connectivity index (χ0v) is 9.79. The van der Waals surface area contributed by atoms with Crippen molar-refractivity contribution in [3.63, 3.8) is 0 Å². The number of furan rings is 1. The van der Waals surface area contributed by atoms with Gasteiger partial charge in [-0.1, -0.05) is 31.2 Å². The molecule has 0 aliphatic carbocycles. The summed E-state index contributed by atoms with van der Waals surface area (Å²) in [4.78, 5) is 0. The van der Waals surface area contributed by atoms with Gasteiger partial charge in [0, 0.05) is 5.39 Å². The van der Waals surface area contributed by atoms with Gasteiger partial charge >= 0.3 is 0 Å². The van der Waals surface area contributed by atoms with Gasteiger partial charge in [-0.25, -0.2) is 0 Å². The lowest BCUT2D eigenvalue weighted by atomic mass is 9.93. The van der Waals surface area contributed by atoms with Crippen molar-refractivity contribution >= 4 is 11.0 Å². The average Bonchev–Trinajstić information content (AvgIpc) is 2.76. The first-order valence-corrected chi connectivity index (χ1v) is 5.57. The highest BCUT2D eigenvalue weighted by molar-refractivity contribution is 5.78. The Morgan fingerprint density at radius 2 is 2.19 bits per heavy atom. The lowest BCUT2D eigenvalue weighted by molar-refractivity contribution is 0.355. The van der Waals surface area contributed by atoms with E-state index in [9.17, 15) is 0 Å². The first-order valence-electron chi connectivity index (χ1n) is 5.57. The molecule has 2 rings (SSSR count). The second-order valence-corrected chi connectivity index (χ2v) is 3.93. The van der Waals surface area contributed by atoms with Crippen molar-refractivity contribution in [2.24, 2.45) is 0 Å².